The van der Waals surface area contributed by atoms with Gasteiger partial charge in [0.25, 0.3) is 0 Å². The second-order valence-electron chi connectivity index (χ2n) is 9.49. The average Bonchev–Trinajstić information content (AvgIpc) is 3.22. The van der Waals surface area contributed by atoms with Crippen LogP contribution in [0.2, 0.25) is 13.1 Å². The number of hydrogen-bond acceptors (Lipinski definition) is 4. The van der Waals surface area contributed by atoms with Crippen molar-refractivity contribution in [3.8, 4) is 0 Å². The molecule has 3 aromatic carbocycles. The number of ether oxygens (including phenoxy) is 1. The maximum atomic E-state index is 13.6. The second kappa shape index (κ2) is 9.57. The molecule has 3 aromatic rings. The fraction of sp³-hybridized carbons (Fsp3) is 0.250. The molecule has 0 aromatic heterocycles. The minimum absolute atomic E-state index is 0.171. The molecule has 1 aliphatic heterocycles. The number of aryl methyl sites for hydroxylation is 1. The Bertz CT molecular complexity index is 1340. The average molecular weight is 506 g/mol. The van der Waals surface area contributed by atoms with Crippen LogP contribution in [0.3, 0.4) is 0 Å². The van der Waals surface area contributed by atoms with Gasteiger partial charge in [-0.3, -0.25) is 0 Å². The molecular formula is C28H31NO4SSi. The normalized spacial score (nSPS) is 19.2. The number of sulfonamides is 1. The lowest BCUT2D eigenvalue weighted by Crippen LogP contribution is -2.56. The zero-order valence-electron chi connectivity index (χ0n) is 20.5. The van der Waals surface area contributed by atoms with Gasteiger partial charge < -0.3 is 4.74 Å². The number of carbonyl (C=O) groups excluding carboxylic acids is 1. The number of carbonyl (C=O) groups is 1. The summed E-state index contributed by atoms with van der Waals surface area (Å²) in [7, 11) is -6.34. The van der Waals surface area contributed by atoms with Crippen molar-refractivity contribution >= 4 is 29.3 Å². The van der Waals surface area contributed by atoms with Gasteiger partial charge in [0.1, 0.15) is 8.07 Å². The summed E-state index contributed by atoms with van der Waals surface area (Å²) in [6, 6.07) is 25.4. The van der Waals surface area contributed by atoms with Crippen LogP contribution in [0.5, 0.6) is 0 Å². The van der Waals surface area contributed by atoms with E-state index >= 15 is 0 Å². The molecule has 0 saturated carbocycles. The van der Waals surface area contributed by atoms with E-state index in [0.29, 0.717) is 6.42 Å². The molecule has 0 unspecified atom stereocenters. The fourth-order valence-electron chi connectivity index (χ4n) is 4.92. The number of rotatable bonds is 8. The van der Waals surface area contributed by atoms with E-state index in [1.807, 2.05) is 62.4 Å². The Labute approximate surface area is 208 Å². The van der Waals surface area contributed by atoms with Crippen molar-refractivity contribution in [1.82, 2.24) is 4.72 Å². The van der Waals surface area contributed by atoms with Gasteiger partial charge in [0.2, 0.25) is 10.0 Å². The summed E-state index contributed by atoms with van der Waals surface area (Å²) in [6.07, 6.45) is 2.02. The van der Waals surface area contributed by atoms with Gasteiger partial charge in [-0.25, -0.2) is 13.2 Å². The first-order valence-corrected chi connectivity index (χ1v) is 16.2. The molecule has 1 N–H and O–H groups in total. The lowest BCUT2D eigenvalue weighted by molar-refractivity contribution is -0.148. The molecule has 182 valence electrons. The van der Waals surface area contributed by atoms with E-state index in [2.05, 4.69) is 29.9 Å². The zero-order valence-corrected chi connectivity index (χ0v) is 22.3. The quantitative estimate of drug-likeness (QED) is 0.353. The third-order valence-corrected chi connectivity index (χ3v) is 12.0. The minimum atomic E-state index is -3.91. The Morgan fingerprint density at radius 1 is 0.914 bits per heavy atom. The summed E-state index contributed by atoms with van der Waals surface area (Å²) < 4.78 is 36.2. The molecular weight excluding hydrogens is 474 g/mol. The van der Waals surface area contributed by atoms with Gasteiger partial charge in [-0.1, -0.05) is 104 Å². The van der Waals surface area contributed by atoms with Gasteiger partial charge in [-0.15, -0.1) is 0 Å². The van der Waals surface area contributed by atoms with E-state index in [9.17, 15) is 13.2 Å². The van der Waals surface area contributed by atoms with Gasteiger partial charge >= 0.3 is 5.97 Å². The van der Waals surface area contributed by atoms with Gasteiger partial charge in [0, 0.05) is 6.08 Å². The summed E-state index contributed by atoms with van der Waals surface area (Å²) in [4.78, 5) is 13.0. The molecule has 1 heterocycles. The lowest BCUT2D eigenvalue weighted by Gasteiger charge is -2.43. The SMILES string of the molecule is CC[C@]1([C@@H](NS(=O)(=O)c2ccc(C)cc2)c2ccccc2)OC(=O)C=C1[Si](C)(C)c1ccccc1. The summed E-state index contributed by atoms with van der Waals surface area (Å²) in [5.41, 5.74) is 0.560. The van der Waals surface area contributed by atoms with Crippen LogP contribution in [0.25, 0.3) is 0 Å². The van der Waals surface area contributed by atoms with Crippen LogP contribution in [0.1, 0.15) is 30.5 Å². The fourth-order valence-corrected chi connectivity index (χ4v) is 9.44. The molecule has 1 aliphatic rings. The maximum Gasteiger partial charge on any atom is 0.331 e. The van der Waals surface area contributed by atoms with E-state index in [1.54, 1.807) is 30.3 Å². The third-order valence-electron chi connectivity index (χ3n) is 6.90. The molecule has 5 nitrogen and oxygen atoms in total. The van der Waals surface area contributed by atoms with Crippen LogP contribution in [0.15, 0.2) is 101 Å². The maximum absolute atomic E-state index is 13.6. The smallest absolute Gasteiger partial charge is 0.331 e. The second-order valence-corrected chi connectivity index (χ2v) is 15.6. The van der Waals surface area contributed by atoms with Crippen molar-refractivity contribution in [1.29, 1.82) is 0 Å². The lowest BCUT2D eigenvalue weighted by atomic mass is 9.86. The van der Waals surface area contributed by atoms with Crippen LogP contribution in [-0.4, -0.2) is 28.1 Å². The third kappa shape index (κ3) is 4.76. The highest BCUT2D eigenvalue weighted by molar-refractivity contribution is 7.89. The molecule has 0 amide bonds. The minimum Gasteiger partial charge on any atom is -0.450 e. The molecule has 7 heteroatoms. The van der Waals surface area contributed by atoms with E-state index in [4.69, 9.17) is 4.74 Å². The van der Waals surface area contributed by atoms with Crippen LogP contribution in [0.4, 0.5) is 0 Å². The van der Waals surface area contributed by atoms with Crippen molar-refractivity contribution < 1.29 is 17.9 Å². The molecule has 0 saturated heterocycles. The number of hydrogen-bond donors (Lipinski definition) is 1. The Balaban J connectivity index is 1.87. The summed E-state index contributed by atoms with van der Waals surface area (Å²) in [5, 5.41) is 2.03. The molecule has 0 spiro atoms. The summed E-state index contributed by atoms with van der Waals surface area (Å²) >= 11 is 0. The van der Waals surface area contributed by atoms with Crippen LogP contribution in [0, 0.1) is 6.92 Å². The van der Waals surface area contributed by atoms with Crippen molar-refractivity contribution in [2.24, 2.45) is 0 Å². The Hall–Kier alpha value is -3.00. The van der Waals surface area contributed by atoms with Crippen molar-refractivity contribution in [3.05, 3.63) is 107 Å². The van der Waals surface area contributed by atoms with Crippen molar-refractivity contribution in [3.63, 3.8) is 0 Å². The number of benzene rings is 3. The van der Waals surface area contributed by atoms with Gasteiger partial charge in [0.05, 0.1) is 10.9 Å². The Morgan fingerprint density at radius 2 is 1.49 bits per heavy atom. The largest absolute Gasteiger partial charge is 0.450 e. The van der Waals surface area contributed by atoms with Crippen LogP contribution >= 0.6 is 0 Å². The van der Waals surface area contributed by atoms with Crippen molar-refractivity contribution in [2.75, 3.05) is 0 Å². The molecule has 2 atom stereocenters. The summed E-state index contributed by atoms with van der Waals surface area (Å²) in [6.45, 7) is 8.21. The number of nitrogens with one attached hydrogen (secondary N) is 1. The number of cyclic esters (lactones) is 1. The first kappa shape index (κ1) is 25.1. The molecule has 0 bridgehead atoms. The molecule has 0 aliphatic carbocycles. The Morgan fingerprint density at radius 3 is 2.06 bits per heavy atom. The first-order valence-electron chi connectivity index (χ1n) is 11.8. The van der Waals surface area contributed by atoms with Gasteiger partial charge in [0.15, 0.2) is 5.60 Å². The predicted octanol–water partition coefficient (Wildman–Crippen LogP) is 4.80. The summed E-state index contributed by atoms with van der Waals surface area (Å²) in [5.74, 6) is -0.436. The topological polar surface area (TPSA) is 72.5 Å². The van der Waals surface area contributed by atoms with E-state index < -0.39 is 35.7 Å². The van der Waals surface area contributed by atoms with Gasteiger partial charge in [-0.05, 0) is 36.2 Å². The van der Waals surface area contributed by atoms with E-state index in [-0.39, 0.29) is 4.90 Å². The van der Waals surface area contributed by atoms with E-state index in [0.717, 1.165) is 21.5 Å². The molecule has 0 fully saturated rings. The monoisotopic (exact) mass is 505 g/mol. The molecule has 4 rings (SSSR count). The highest BCUT2D eigenvalue weighted by Gasteiger charge is 2.55. The predicted molar refractivity (Wildman–Crippen MR) is 141 cm³/mol. The van der Waals surface area contributed by atoms with Crippen LogP contribution in [-0.2, 0) is 19.6 Å². The zero-order chi connectivity index (χ0) is 25.3. The Kier molecular flexibility index (Phi) is 6.86. The molecule has 0 radical (unpaired) electrons. The highest BCUT2D eigenvalue weighted by Crippen LogP contribution is 2.46. The highest BCUT2D eigenvalue weighted by atomic mass is 32.2. The van der Waals surface area contributed by atoms with Crippen molar-refractivity contribution in [2.45, 2.75) is 49.9 Å². The van der Waals surface area contributed by atoms with E-state index in [1.165, 1.54) is 0 Å². The number of esters is 1. The first-order chi connectivity index (χ1) is 16.6. The van der Waals surface area contributed by atoms with Crippen LogP contribution < -0.4 is 9.91 Å². The standard InChI is InChI=1S/C28H31NO4SSi/c1-5-28(25(20-26(30)33-28)35(3,4)24-14-10-7-11-15-24)27(22-12-8-6-9-13-22)29-34(31,32)23-18-16-21(2)17-19-23/h6-20,27,29H,5H2,1-4H3/t27-,28-/m0/s1. The van der Waals surface area contributed by atoms with Gasteiger partial charge in [-0.2, -0.15) is 4.72 Å². The molecule has 35 heavy (non-hydrogen) atoms.